The van der Waals surface area contributed by atoms with Gasteiger partial charge in [0.25, 0.3) is 0 Å². The maximum Gasteiger partial charge on any atom is 0.855 e. The van der Waals surface area contributed by atoms with Gasteiger partial charge in [0.2, 0.25) is 0 Å². The largest absolute Gasteiger partial charge is 0.855 e. The van der Waals surface area contributed by atoms with E-state index in [-0.39, 0.29) is 35.4 Å². The van der Waals surface area contributed by atoms with Gasteiger partial charge < -0.3 is 15.3 Å². The normalized spacial score (nSPS) is 14.4. The molecule has 3 N–H and O–H groups in total. The molecule has 0 aromatic heterocycles. The Morgan fingerprint density at radius 2 is 0.784 bits per heavy atom. The zero-order valence-electron chi connectivity index (χ0n) is 21.4. The van der Waals surface area contributed by atoms with Crippen LogP contribution in [0.25, 0.3) is 0 Å². The smallest absolute Gasteiger partial charge is 0.508 e. The van der Waals surface area contributed by atoms with Gasteiger partial charge in [-0.25, -0.2) is 15.3 Å². The van der Waals surface area contributed by atoms with E-state index in [2.05, 4.69) is 27.6 Å². The average Bonchev–Trinajstić information content (AvgIpc) is 2.91. The zero-order chi connectivity index (χ0) is 26.6. The number of hydrogen-bond donors (Lipinski definition) is 3. The summed E-state index contributed by atoms with van der Waals surface area (Å²) in [5, 5.41) is 44.3. The monoisotopic (exact) mass is 516 g/mol. The van der Waals surface area contributed by atoms with E-state index in [1.807, 2.05) is 57.2 Å². The van der Waals surface area contributed by atoms with E-state index >= 15 is 0 Å². The lowest BCUT2D eigenvalue weighted by Gasteiger charge is -2.13. The van der Waals surface area contributed by atoms with E-state index in [4.69, 9.17) is 0 Å². The van der Waals surface area contributed by atoms with E-state index in [0.29, 0.717) is 36.0 Å². The summed E-state index contributed by atoms with van der Waals surface area (Å²) in [4.78, 5) is 0. The molecule has 192 valence electrons. The van der Waals surface area contributed by atoms with Crippen LogP contribution in [0.1, 0.15) is 74.8 Å². The SMILES string of the molecule is CCC(N=[N][Al]([N]=NC(CC)c1ccccc1O)[N]=NC(CC)c1ccccc1O)c1ccccc1O. The molecular formula is C27H33AlN6O3. The molecule has 0 aliphatic heterocycles. The predicted molar refractivity (Wildman–Crippen MR) is 144 cm³/mol. The topological polar surface area (TPSA) is 135 Å². The molecule has 0 heterocycles. The van der Waals surface area contributed by atoms with Crippen LogP contribution in [0, 0.1) is 0 Å². The molecule has 0 amide bonds. The van der Waals surface area contributed by atoms with Crippen LogP contribution in [0.4, 0.5) is 0 Å². The third-order valence-corrected chi connectivity index (χ3v) is 7.00. The fraction of sp³-hybridized carbons (Fsp3) is 0.333. The highest BCUT2D eigenvalue weighted by atomic mass is 27.2. The van der Waals surface area contributed by atoms with Crippen molar-refractivity contribution in [2.24, 2.45) is 27.6 Å². The van der Waals surface area contributed by atoms with Crippen LogP contribution in [-0.2, 0) is 0 Å². The van der Waals surface area contributed by atoms with Crippen molar-refractivity contribution in [2.75, 3.05) is 0 Å². The van der Waals surface area contributed by atoms with Gasteiger partial charge in [-0.1, -0.05) is 75.4 Å². The molecule has 3 aromatic carbocycles. The Kier molecular flexibility index (Phi) is 10.7. The standard InChI is InChI=1S/3C9H11N2O.Al/c3*1-2-8(11-10)7-5-3-4-6-9(7)12;/h3*3-6,8,12H,2H2,1H3;/q3*-1;+3. The summed E-state index contributed by atoms with van der Waals surface area (Å²) in [5.74, 6) is 0.475. The molecule has 3 rings (SSSR count). The van der Waals surface area contributed by atoms with Crippen molar-refractivity contribution in [3.05, 3.63) is 89.5 Å². The van der Waals surface area contributed by atoms with Crippen LogP contribution in [0.2, 0.25) is 0 Å². The molecule has 37 heavy (non-hydrogen) atoms. The van der Waals surface area contributed by atoms with E-state index in [9.17, 15) is 15.3 Å². The molecule has 0 spiro atoms. The first-order valence-corrected chi connectivity index (χ1v) is 14.1. The lowest BCUT2D eigenvalue weighted by molar-refractivity contribution is 0.459. The second-order valence-corrected chi connectivity index (χ2v) is 9.87. The van der Waals surface area contributed by atoms with Gasteiger partial charge in [0.05, 0.1) is 18.1 Å². The second-order valence-electron chi connectivity index (χ2n) is 8.49. The number of benzene rings is 3. The van der Waals surface area contributed by atoms with E-state index in [1.54, 1.807) is 36.4 Å². The van der Waals surface area contributed by atoms with Crippen LogP contribution in [0.5, 0.6) is 17.2 Å². The quantitative estimate of drug-likeness (QED) is 0.167. The van der Waals surface area contributed by atoms with Gasteiger partial charge in [-0.3, -0.25) is 12.3 Å². The first-order valence-electron chi connectivity index (χ1n) is 12.5. The maximum atomic E-state index is 10.3. The highest BCUT2D eigenvalue weighted by molar-refractivity contribution is 6.51. The van der Waals surface area contributed by atoms with Crippen LogP contribution < -0.4 is 0 Å². The Labute approximate surface area is 222 Å². The number of nitrogens with zero attached hydrogens (tertiary/aromatic N) is 6. The summed E-state index contributed by atoms with van der Waals surface area (Å²) in [5.41, 5.74) is 2.03. The number of rotatable bonds is 12. The van der Waals surface area contributed by atoms with Crippen molar-refractivity contribution in [1.82, 2.24) is 0 Å². The Balaban J connectivity index is 1.93. The number of para-hydroxylation sites is 3. The van der Waals surface area contributed by atoms with E-state index in [1.165, 1.54) is 0 Å². The van der Waals surface area contributed by atoms with E-state index in [0.717, 1.165) is 0 Å². The van der Waals surface area contributed by atoms with Crippen molar-refractivity contribution in [3.63, 3.8) is 0 Å². The predicted octanol–water partition coefficient (Wildman–Crippen LogP) is 7.90. The first kappa shape index (κ1) is 28.0. The average molecular weight is 517 g/mol. The summed E-state index contributed by atoms with van der Waals surface area (Å²) in [6.07, 6.45) is 1.88. The molecule has 3 atom stereocenters. The molecule has 0 fully saturated rings. The third-order valence-electron chi connectivity index (χ3n) is 5.98. The van der Waals surface area contributed by atoms with Gasteiger partial charge in [-0.15, -0.1) is 0 Å². The van der Waals surface area contributed by atoms with Crippen LogP contribution in [-0.4, -0.2) is 30.1 Å². The maximum absolute atomic E-state index is 10.3. The summed E-state index contributed by atoms with van der Waals surface area (Å²) in [6, 6.07) is 20.1. The molecule has 0 saturated heterocycles. The molecule has 0 aliphatic rings. The summed E-state index contributed by atoms with van der Waals surface area (Å²) in [7, 11) is 0. The third kappa shape index (κ3) is 7.69. The fourth-order valence-corrected chi connectivity index (χ4v) is 4.87. The first-order chi connectivity index (χ1) is 18.0. The van der Waals surface area contributed by atoms with Gasteiger partial charge >= 0.3 is 14.8 Å². The minimum absolute atomic E-state index is 0.158. The molecule has 0 bridgehead atoms. The highest BCUT2D eigenvalue weighted by Crippen LogP contribution is 2.32. The molecule has 3 aromatic rings. The second kappa shape index (κ2) is 14.2. The number of phenolic OH excluding ortho intramolecular Hbond substituents is 3. The van der Waals surface area contributed by atoms with Gasteiger partial charge in [0.1, 0.15) is 17.2 Å². The van der Waals surface area contributed by atoms with Crippen molar-refractivity contribution < 1.29 is 15.3 Å². The molecule has 0 aliphatic carbocycles. The van der Waals surface area contributed by atoms with Crippen LogP contribution in [0.15, 0.2) is 100 Å². The molecule has 0 radical (unpaired) electrons. The van der Waals surface area contributed by atoms with Crippen molar-refractivity contribution >= 4 is 14.8 Å². The van der Waals surface area contributed by atoms with E-state index < -0.39 is 14.8 Å². The lowest BCUT2D eigenvalue weighted by atomic mass is 10.0. The Hall–Kier alpha value is -3.61. The lowest BCUT2D eigenvalue weighted by Crippen LogP contribution is -2.05. The fourth-order valence-electron chi connectivity index (χ4n) is 3.89. The molecule has 10 heteroatoms. The molecule has 0 saturated carbocycles. The minimum Gasteiger partial charge on any atom is -0.508 e. The van der Waals surface area contributed by atoms with Crippen LogP contribution in [0.3, 0.4) is 0 Å². The van der Waals surface area contributed by atoms with Crippen molar-refractivity contribution in [1.29, 1.82) is 0 Å². The zero-order valence-corrected chi connectivity index (χ0v) is 22.5. The summed E-state index contributed by atoms with van der Waals surface area (Å²) in [6.45, 7) is 5.89. The number of hydrogen-bond acceptors (Lipinski definition) is 9. The number of aromatic hydroxyl groups is 3. The molecule has 3 unspecified atom stereocenters. The summed E-state index contributed by atoms with van der Waals surface area (Å²) >= 11 is -2.73. The highest BCUT2D eigenvalue weighted by Gasteiger charge is 2.27. The minimum atomic E-state index is -2.73. The molecular weight excluding hydrogens is 483 g/mol. The van der Waals surface area contributed by atoms with Gasteiger partial charge in [0, 0.05) is 16.7 Å². The Morgan fingerprint density at radius 1 is 0.514 bits per heavy atom. The number of phenols is 3. The summed E-state index contributed by atoms with van der Waals surface area (Å²) < 4.78 is 13.4. The van der Waals surface area contributed by atoms with Gasteiger partial charge in [-0.05, 0) is 37.5 Å². The molecule has 9 nitrogen and oxygen atoms in total. The van der Waals surface area contributed by atoms with Crippen LogP contribution >= 0.6 is 0 Å². The van der Waals surface area contributed by atoms with Gasteiger partial charge in [-0.2, -0.15) is 0 Å². The Bertz CT molecular complexity index is 1090. The van der Waals surface area contributed by atoms with Gasteiger partial charge in [0.15, 0.2) is 0 Å². The van der Waals surface area contributed by atoms with Crippen molar-refractivity contribution in [2.45, 2.75) is 58.2 Å². The van der Waals surface area contributed by atoms with Crippen molar-refractivity contribution in [3.8, 4) is 17.2 Å². The Morgan fingerprint density at radius 3 is 1.03 bits per heavy atom.